The molecule has 0 aliphatic rings. The fourth-order valence-corrected chi connectivity index (χ4v) is 0. The van der Waals surface area contributed by atoms with Crippen LogP contribution in [0.15, 0.2) is 0 Å². The minimum Gasteiger partial charge on any atom is -1.00 e. The monoisotopic (exact) mass is 256 g/mol. The number of hydrogen-bond acceptors (Lipinski definition) is 2. The standard InChI is InChI=1S/Ca.Mg.H2O2.Sr.Zn.6H/c;;1-2;;;;;;;;/h;;1-2H;;;;;;;;/q2*+2;;+2;;6*-1. The molecule has 6 heteroatoms. The Hall–Kier alpha value is 4.05. The summed E-state index contributed by atoms with van der Waals surface area (Å²) in [5, 5.41) is 12.0. The fourth-order valence-electron chi connectivity index (χ4n) is 0. The van der Waals surface area contributed by atoms with E-state index in [2.05, 4.69) is 0 Å². The van der Waals surface area contributed by atoms with Gasteiger partial charge in [-0.3, -0.25) is 10.5 Å². The van der Waals surface area contributed by atoms with Crippen molar-refractivity contribution in [3.8, 4) is 0 Å². The van der Waals surface area contributed by atoms with Gasteiger partial charge in [0.05, 0.1) is 0 Å². The Morgan fingerprint density at radius 1 is 1.17 bits per heavy atom. The van der Waals surface area contributed by atoms with Crippen molar-refractivity contribution in [2.45, 2.75) is 0 Å². The first-order chi connectivity index (χ1) is 1.00. The average molecular weight is 257 g/mol. The van der Waals surface area contributed by atoms with Gasteiger partial charge in [-0.05, 0) is 0 Å². The van der Waals surface area contributed by atoms with Crippen LogP contribution in [0, 0.1) is 0 Å². The van der Waals surface area contributed by atoms with Crippen molar-refractivity contribution in [1.29, 1.82) is 0 Å². The summed E-state index contributed by atoms with van der Waals surface area (Å²) in [6.45, 7) is 0. The van der Waals surface area contributed by atoms with Crippen LogP contribution in [0.3, 0.4) is 0 Å². The molecule has 2 N–H and O–H groups in total. The minimum absolute atomic E-state index is 0. The van der Waals surface area contributed by atoms with Crippen molar-refractivity contribution < 1.29 is 38.6 Å². The Labute approximate surface area is 141 Å². The van der Waals surface area contributed by atoms with E-state index in [1.54, 1.807) is 0 Å². The number of hydrogen-bond donors (Lipinski definition) is 2. The molecule has 0 atom stereocenters. The Morgan fingerprint density at radius 2 is 1.17 bits per heavy atom. The first-order valence-electron chi connectivity index (χ1n) is 0.200. The largest absolute Gasteiger partial charge is 2.00 e. The van der Waals surface area contributed by atoms with Crippen molar-refractivity contribution in [2.24, 2.45) is 0 Å². The van der Waals surface area contributed by atoms with Gasteiger partial charge in [0.1, 0.15) is 0 Å². The summed E-state index contributed by atoms with van der Waals surface area (Å²) in [5.74, 6) is 0. The van der Waals surface area contributed by atoms with Gasteiger partial charge >= 0.3 is 106 Å². The van der Waals surface area contributed by atoms with Crippen LogP contribution in [-0.4, -0.2) is 117 Å². The number of rotatable bonds is 0. The predicted molar refractivity (Wildman–Crippen MR) is 29.2 cm³/mol. The van der Waals surface area contributed by atoms with E-state index in [-0.39, 0.29) is 134 Å². The van der Waals surface area contributed by atoms with Gasteiger partial charge < -0.3 is 8.56 Å². The van der Waals surface area contributed by atoms with Crippen molar-refractivity contribution in [3.63, 3.8) is 0 Å². The molecule has 0 aromatic rings. The first kappa shape index (κ1) is 32.3. The molecule has 0 rings (SSSR count). The summed E-state index contributed by atoms with van der Waals surface area (Å²) in [7, 11) is 0. The van der Waals surface area contributed by atoms with E-state index < -0.39 is 0 Å². The van der Waals surface area contributed by atoms with Crippen LogP contribution in [0.2, 0.25) is 0 Å². The fraction of sp³-hybridized carbons (Fsp3) is 0. The van der Waals surface area contributed by atoms with Gasteiger partial charge in [0.15, 0.2) is 0 Å². The molecule has 0 saturated carbocycles. The zero-order chi connectivity index (χ0) is 2.00. The molecule has 0 bridgehead atoms. The van der Waals surface area contributed by atoms with Gasteiger partial charge in [0.25, 0.3) is 0 Å². The van der Waals surface area contributed by atoms with Crippen molar-refractivity contribution in [1.82, 2.24) is 0 Å². The molecule has 0 aliphatic carbocycles. The van der Waals surface area contributed by atoms with Crippen molar-refractivity contribution in [2.75, 3.05) is 0 Å². The molecular weight excluding hydrogens is 249 g/mol. The average Bonchev–Trinajstić information content (AvgIpc) is 1.00. The van der Waals surface area contributed by atoms with Gasteiger partial charge in [0, 0.05) is 19.5 Å². The second kappa shape index (κ2) is 35.8. The van der Waals surface area contributed by atoms with Crippen LogP contribution < -0.4 is 0 Å². The summed E-state index contributed by atoms with van der Waals surface area (Å²) in [5.41, 5.74) is 0. The molecule has 0 unspecified atom stereocenters. The van der Waals surface area contributed by atoms with E-state index in [4.69, 9.17) is 10.5 Å². The van der Waals surface area contributed by atoms with Crippen LogP contribution >= 0.6 is 0 Å². The van der Waals surface area contributed by atoms with E-state index in [0.29, 0.717) is 0 Å². The van der Waals surface area contributed by atoms with Crippen LogP contribution in [0.1, 0.15) is 8.56 Å². The first-order valence-corrected chi connectivity index (χ1v) is 0.200. The molecule has 28 valence electrons. The third-order valence-electron chi connectivity index (χ3n) is 0. The summed E-state index contributed by atoms with van der Waals surface area (Å²) in [6.07, 6.45) is 0. The molecule has 0 heterocycles. The molecule has 0 fully saturated rings. The van der Waals surface area contributed by atoms with Gasteiger partial charge in [-0.15, -0.1) is 0 Å². The summed E-state index contributed by atoms with van der Waals surface area (Å²) in [4.78, 5) is 0. The van der Waals surface area contributed by atoms with Crippen molar-refractivity contribution >= 4 is 106 Å². The second-order valence-electron chi connectivity index (χ2n) is 0. The molecule has 0 amide bonds. The molecule has 0 spiro atoms. The van der Waals surface area contributed by atoms with E-state index in [9.17, 15) is 0 Å². The zero-order valence-electron chi connectivity index (χ0n) is 9.72. The van der Waals surface area contributed by atoms with E-state index in [0.717, 1.165) is 0 Å². The molecule has 0 aliphatic heterocycles. The maximum absolute atomic E-state index is 6.00. The SMILES string of the molecule is OO.[Ca+2].[H-].[H-].[H-].[H-].[H-].[H-].[Mg+2].[Sr+2].[Zn]. The third kappa shape index (κ3) is 24.4. The maximum atomic E-state index is 6.00. The Kier molecular flexibility index (Phi) is 192. The van der Waals surface area contributed by atoms with Gasteiger partial charge in [-0.2, -0.15) is 0 Å². The third-order valence-corrected chi connectivity index (χ3v) is 0. The second-order valence-corrected chi connectivity index (χ2v) is 0. The smallest absolute Gasteiger partial charge is 1.00 e. The Morgan fingerprint density at radius 3 is 1.17 bits per heavy atom. The summed E-state index contributed by atoms with van der Waals surface area (Å²) < 4.78 is 0. The molecule has 0 aromatic heterocycles. The zero-order valence-corrected chi connectivity index (χ0v) is 13.8. The quantitative estimate of drug-likeness (QED) is 0.350. The predicted octanol–water partition coefficient (Wildman–Crippen LogP) is -0.452. The van der Waals surface area contributed by atoms with Gasteiger partial charge in [0.2, 0.25) is 0 Å². The van der Waals surface area contributed by atoms with E-state index in [1.165, 1.54) is 0 Å². The molecule has 0 aromatic carbocycles. The summed E-state index contributed by atoms with van der Waals surface area (Å²) >= 11 is 0. The molecule has 0 saturated heterocycles. The molecule has 0 radical (unpaired) electrons. The maximum Gasteiger partial charge on any atom is 2.00 e. The molecule has 6 heavy (non-hydrogen) atoms. The normalized spacial score (nSPS) is 1.00. The van der Waals surface area contributed by atoms with Gasteiger partial charge in [-0.25, -0.2) is 0 Å². The molecule has 2 nitrogen and oxygen atoms in total. The van der Waals surface area contributed by atoms with Crippen LogP contribution in [0.4, 0.5) is 0 Å². The Bertz CT molecular complexity index is 25.5. The van der Waals surface area contributed by atoms with Gasteiger partial charge in [-0.1, -0.05) is 0 Å². The molecular formula is H8CaMgO2SrZn. The van der Waals surface area contributed by atoms with E-state index >= 15 is 0 Å². The summed E-state index contributed by atoms with van der Waals surface area (Å²) in [6, 6.07) is 0. The van der Waals surface area contributed by atoms with Crippen LogP contribution in [0.5, 0.6) is 0 Å². The topological polar surface area (TPSA) is 40.5 Å². The van der Waals surface area contributed by atoms with E-state index in [1.807, 2.05) is 0 Å². The van der Waals surface area contributed by atoms with Crippen molar-refractivity contribution in [3.05, 3.63) is 0 Å². The van der Waals surface area contributed by atoms with Crippen LogP contribution in [-0.2, 0) is 19.5 Å². The van der Waals surface area contributed by atoms with Crippen LogP contribution in [0.25, 0.3) is 0 Å². The Balaban J connectivity index is -0.000000000111. The minimum atomic E-state index is 0.